The molecule has 6 heteroatoms. The number of carbonyl (C=O) groups is 2. The van der Waals surface area contributed by atoms with Gasteiger partial charge in [0.1, 0.15) is 5.75 Å². The van der Waals surface area contributed by atoms with E-state index >= 15 is 0 Å². The lowest BCUT2D eigenvalue weighted by molar-refractivity contribution is -0.134. The van der Waals surface area contributed by atoms with Crippen molar-refractivity contribution in [3.05, 3.63) is 29.8 Å². The van der Waals surface area contributed by atoms with Gasteiger partial charge in [-0.05, 0) is 49.9 Å². The van der Waals surface area contributed by atoms with Crippen molar-refractivity contribution in [2.75, 3.05) is 39.5 Å². The van der Waals surface area contributed by atoms with Crippen molar-refractivity contribution in [3.63, 3.8) is 0 Å². The van der Waals surface area contributed by atoms with Crippen LogP contribution in [0.5, 0.6) is 5.75 Å². The number of benzene rings is 1. The zero-order valence-electron chi connectivity index (χ0n) is 14.5. The number of piperidine rings is 1. The van der Waals surface area contributed by atoms with E-state index in [1.807, 2.05) is 4.90 Å². The molecule has 2 aliphatic rings. The van der Waals surface area contributed by atoms with E-state index in [0.717, 1.165) is 45.6 Å². The fourth-order valence-corrected chi connectivity index (χ4v) is 3.17. The fourth-order valence-electron chi connectivity index (χ4n) is 3.17. The molecule has 2 fully saturated rings. The standard InChI is InChI=1S/C19H26N2O4/c22-18(21-9-2-1-3-10-21)14-25-17-6-4-16(5-7-17)19(23)20-12-15-8-11-24-13-15/h4-7,15H,1-3,8-14H2,(H,20,23)/t15-/m1/s1. The van der Waals surface area contributed by atoms with Crippen molar-refractivity contribution < 1.29 is 19.1 Å². The molecule has 2 amide bonds. The molecule has 0 unspecified atom stereocenters. The molecule has 0 aromatic heterocycles. The van der Waals surface area contributed by atoms with Crippen LogP contribution in [0.3, 0.4) is 0 Å². The van der Waals surface area contributed by atoms with Gasteiger partial charge in [0.05, 0.1) is 6.61 Å². The maximum absolute atomic E-state index is 12.1. The van der Waals surface area contributed by atoms with Gasteiger partial charge >= 0.3 is 0 Å². The molecule has 1 N–H and O–H groups in total. The van der Waals surface area contributed by atoms with E-state index in [0.29, 0.717) is 23.8 Å². The first kappa shape index (κ1) is 17.7. The first-order chi connectivity index (χ1) is 12.2. The minimum Gasteiger partial charge on any atom is -0.484 e. The summed E-state index contributed by atoms with van der Waals surface area (Å²) in [6.45, 7) is 3.84. The predicted octanol–water partition coefficient (Wildman–Crippen LogP) is 1.84. The summed E-state index contributed by atoms with van der Waals surface area (Å²) in [5.74, 6) is 0.946. The molecule has 0 bridgehead atoms. The SMILES string of the molecule is O=C(NC[C@H]1CCOC1)c1ccc(OCC(=O)N2CCCCC2)cc1. The van der Waals surface area contributed by atoms with Gasteiger partial charge < -0.3 is 19.7 Å². The van der Waals surface area contributed by atoms with E-state index in [1.54, 1.807) is 24.3 Å². The molecule has 0 spiro atoms. The summed E-state index contributed by atoms with van der Waals surface area (Å²) in [5.41, 5.74) is 0.591. The van der Waals surface area contributed by atoms with Crippen molar-refractivity contribution in [2.45, 2.75) is 25.7 Å². The second kappa shape index (κ2) is 8.85. The van der Waals surface area contributed by atoms with Crippen molar-refractivity contribution in [3.8, 4) is 5.75 Å². The van der Waals surface area contributed by atoms with Gasteiger partial charge in [-0.1, -0.05) is 0 Å². The van der Waals surface area contributed by atoms with Gasteiger partial charge in [0.2, 0.25) is 0 Å². The average Bonchev–Trinajstić information content (AvgIpc) is 3.19. The molecule has 0 aliphatic carbocycles. The molecule has 25 heavy (non-hydrogen) atoms. The van der Waals surface area contributed by atoms with Gasteiger partial charge in [-0.3, -0.25) is 9.59 Å². The quantitative estimate of drug-likeness (QED) is 0.853. The number of amides is 2. The van der Waals surface area contributed by atoms with Crippen LogP contribution in [0.2, 0.25) is 0 Å². The van der Waals surface area contributed by atoms with Crippen molar-refractivity contribution in [1.82, 2.24) is 10.2 Å². The van der Waals surface area contributed by atoms with E-state index in [-0.39, 0.29) is 18.4 Å². The van der Waals surface area contributed by atoms with Gasteiger partial charge in [-0.15, -0.1) is 0 Å². The van der Waals surface area contributed by atoms with Gasteiger partial charge in [0.25, 0.3) is 11.8 Å². The number of carbonyl (C=O) groups excluding carboxylic acids is 2. The average molecular weight is 346 g/mol. The normalized spacial score (nSPS) is 20.3. The Labute approximate surface area is 148 Å². The largest absolute Gasteiger partial charge is 0.484 e. The van der Waals surface area contributed by atoms with Crippen LogP contribution in [0.25, 0.3) is 0 Å². The second-order valence-corrected chi connectivity index (χ2v) is 6.69. The summed E-state index contributed by atoms with van der Waals surface area (Å²) in [6, 6.07) is 6.91. The molecule has 136 valence electrons. The second-order valence-electron chi connectivity index (χ2n) is 6.69. The molecular formula is C19H26N2O4. The first-order valence-electron chi connectivity index (χ1n) is 9.09. The van der Waals surface area contributed by atoms with Gasteiger partial charge in [-0.2, -0.15) is 0 Å². The highest BCUT2D eigenvalue weighted by molar-refractivity contribution is 5.94. The number of rotatable bonds is 6. The van der Waals surface area contributed by atoms with Crippen LogP contribution in [0, 0.1) is 5.92 Å². The fraction of sp³-hybridized carbons (Fsp3) is 0.579. The van der Waals surface area contributed by atoms with Crippen LogP contribution < -0.4 is 10.1 Å². The molecule has 3 rings (SSSR count). The molecule has 1 aromatic rings. The maximum atomic E-state index is 12.1. The zero-order chi connectivity index (χ0) is 17.5. The Morgan fingerprint density at radius 1 is 1.16 bits per heavy atom. The molecule has 6 nitrogen and oxygen atoms in total. The zero-order valence-corrected chi connectivity index (χ0v) is 14.5. The van der Waals surface area contributed by atoms with Gasteiger partial charge in [-0.25, -0.2) is 0 Å². The molecule has 0 radical (unpaired) electrons. The topological polar surface area (TPSA) is 67.9 Å². The molecule has 2 aliphatic heterocycles. The summed E-state index contributed by atoms with van der Waals surface area (Å²) in [5, 5.41) is 2.93. The predicted molar refractivity (Wildman–Crippen MR) is 93.6 cm³/mol. The Balaban J connectivity index is 1.43. The number of hydrogen-bond acceptors (Lipinski definition) is 4. The minimum atomic E-state index is -0.0946. The summed E-state index contributed by atoms with van der Waals surface area (Å²) >= 11 is 0. The number of hydrogen-bond donors (Lipinski definition) is 1. The Morgan fingerprint density at radius 2 is 1.92 bits per heavy atom. The molecule has 1 aromatic carbocycles. The highest BCUT2D eigenvalue weighted by Crippen LogP contribution is 2.15. The van der Waals surface area contributed by atoms with Crippen LogP contribution in [0.1, 0.15) is 36.0 Å². The van der Waals surface area contributed by atoms with E-state index < -0.39 is 0 Å². The van der Waals surface area contributed by atoms with E-state index in [9.17, 15) is 9.59 Å². The number of likely N-dealkylation sites (tertiary alicyclic amines) is 1. The Hall–Kier alpha value is -2.08. The number of nitrogens with zero attached hydrogens (tertiary/aromatic N) is 1. The molecule has 1 atom stereocenters. The van der Waals surface area contributed by atoms with Gasteiger partial charge in [0, 0.05) is 37.7 Å². The lowest BCUT2D eigenvalue weighted by atomic mass is 10.1. The summed E-state index contributed by atoms with van der Waals surface area (Å²) in [4.78, 5) is 26.1. The molecule has 2 heterocycles. The summed E-state index contributed by atoms with van der Waals surface area (Å²) in [6.07, 6.45) is 4.34. The van der Waals surface area contributed by atoms with E-state index in [4.69, 9.17) is 9.47 Å². The third kappa shape index (κ3) is 5.19. The van der Waals surface area contributed by atoms with Crippen LogP contribution in [0.4, 0.5) is 0 Å². The van der Waals surface area contributed by atoms with Gasteiger partial charge in [0.15, 0.2) is 6.61 Å². The van der Waals surface area contributed by atoms with Crippen molar-refractivity contribution >= 4 is 11.8 Å². The van der Waals surface area contributed by atoms with Crippen molar-refractivity contribution in [1.29, 1.82) is 0 Å². The Morgan fingerprint density at radius 3 is 2.60 bits per heavy atom. The van der Waals surface area contributed by atoms with E-state index in [2.05, 4.69) is 5.32 Å². The van der Waals surface area contributed by atoms with Crippen molar-refractivity contribution in [2.24, 2.45) is 5.92 Å². The number of nitrogens with one attached hydrogen (secondary N) is 1. The smallest absolute Gasteiger partial charge is 0.260 e. The first-order valence-corrected chi connectivity index (χ1v) is 9.09. The lowest BCUT2D eigenvalue weighted by Crippen LogP contribution is -2.38. The minimum absolute atomic E-state index is 0.0281. The highest BCUT2D eigenvalue weighted by Gasteiger charge is 2.18. The van der Waals surface area contributed by atoms with Crippen LogP contribution in [0.15, 0.2) is 24.3 Å². The maximum Gasteiger partial charge on any atom is 0.260 e. The van der Waals surface area contributed by atoms with Crippen LogP contribution in [-0.2, 0) is 9.53 Å². The third-order valence-corrected chi connectivity index (χ3v) is 4.76. The summed E-state index contributed by atoms with van der Waals surface area (Å²) in [7, 11) is 0. The van der Waals surface area contributed by atoms with E-state index in [1.165, 1.54) is 6.42 Å². The highest BCUT2D eigenvalue weighted by atomic mass is 16.5. The van der Waals surface area contributed by atoms with Crippen LogP contribution in [-0.4, -0.2) is 56.2 Å². The third-order valence-electron chi connectivity index (χ3n) is 4.76. The monoisotopic (exact) mass is 346 g/mol. The molecular weight excluding hydrogens is 320 g/mol. The number of ether oxygens (including phenoxy) is 2. The lowest BCUT2D eigenvalue weighted by Gasteiger charge is -2.26. The van der Waals surface area contributed by atoms with Crippen LogP contribution >= 0.6 is 0 Å². The summed E-state index contributed by atoms with van der Waals surface area (Å²) < 4.78 is 10.9. The molecule has 0 saturated carbocycles. The Bertz CT molecular complexity index is 576. The Kier molecular flexibility index (Phi) is 6.28. The molecule has 2 saturated heterocycles.